The van der Waals surface area contributed by atoms with Crippen molar-refractivity contribution in [3.8, 4) is 17.1 Å². The lowest BCUT2D eigenvalue weighted by atomic mass is 10.1. The van der Waals surface area contributed by atoms with Gasteiger partial charge in [-0.15, -0.1) is 28.1 Å². The zero-order valence-electron chi connectivity index (χ0n) is 16.7. The first kappa shape index (κ1) is 21.1. The fourth-order valence-electron chi connectivity index (χ4n) is 2.68. The number of thioether (sulfide) groups is 1. The van der Waals surface area contributed by atoms with Crippen molar-refractivity contribution in [3.05, 3.63) is 53.2 Å². The van der Waals surface area contributed by atoms with Crippen molar-refractivity contribution in [3.63, 3.8) is 0 Å². The van der Waals surface area contributed by atoms with E-state index in [9.17, 15) is 4.79 Å². The van der Waals surface area contributed by atoms with Gasteiger partial charge < -0.3 is 10.1 Å². The van der Waals surface area contributed by atoms with Crippen molar-refractivity contribution in [1.29, 1.82) is 0 Å². The van der Waals surface area contributed by atoms with Crippen LogP contribution in [0.2, 0.25) is 0 Å². The first-order valence-electron chi connectivity index (χ1n) is 9.21. The number of amides is 1. The van der Waals surface area contributed by atoms with Crippen LogP contribution < -0.4 is 10.1 Å². The van der Waals surface area contributed by atoms with E-state index in [0.717, 1.165) is 22.8 Å². The summed E-state index contributed by atoms with van der Waals surface area (Å²) in [7, 11) is 1.61. The number of carbonyl (C=O) groups is 1. The summed E-state index contributed by atoms with van der Waals surface area (Å²) < 4.78 is 7.12. The molecule has 152 valence electrons. The third-order valence-corrected chi connectivity index (χ3v) is 6.38. The zero-order valence-corrected chi connectivity index (χ0v) is 18.3. The van der Waals surface area contributed by atoms with Gasteiger partial charge >= 0.3 is 0 Å². The van der Waals surface area contributed by atoms with Crippen LogP contribution in [0.3, 0.4) is 0 Å². The van der Waals surface area contributed by atoms with E-state index in [1.165, 1.54) is 16.6 Å². The second kappa shape index (κ2) is 9.76. The minimum Gasteiger partial charge on any atom is -0.497 e. The summed E-state index contributed by atoms with van der Waals surface area (Å²) in [6.45, 7) is 8.77. The first-order chi connectivity index (χ1) is 14.0. The van der Waals surface area contributed by atoms with Gasteiger partial charge in [0.2, 0.25) is 5.91 Å². The second-order valence-corrected chi connectivity index (χ2v) is 8.55. The van der Waals surface area contributed by atoms with Gasteiger partial charge in [0.25, 0.3) is 0 Å². The van der Waals surface area contributed by atoms with Crippen LogP contribution >= 0.6 is 23.1 Å². The highest BCUT2D eigenvalue weighted by molar-refractivity contribution is 7.99. The number of methoxy groups -OCH3 is 1. The topological polar surface area (TPSA) is 69.0 Å². The number of thiophene rings is 1. The molecule has 0 bridgehead atoms. The van der Waals surface area contributed by atoms with E-state index in [2.05, 4.69) is 47.4 Å². The van der Waals surface area contributed by atoms with Crippen LogP contribution in [0.4, 0.5) is 5.69 Å². The van der Waals surface area contributed by atoms with E-state index in [-0.39, 0.29) is 11.7 Å². The quantitative estimate of drug-likeness (QED) is 0.381. The van der Waals surface area contributed by atoms with Gasteiger partial charge in [0.05, 0.1) is 12.9 Å². The van der Waals surface area contributed by atoms with Crippen LogP contribution in [0.1, 0.15) is 24.6 Å². The SMILES string of the molecule is C=CCn1c(SCC(=O)Nc2ccc(OC)cc2)nnc1-c1csc(C(C)C)c1. The van der Waals surface area contributed by atoms with E-state index in [1.807, 2.05) is 34.9 Å². The lowest BCUT2D eigenvalue weighted by Gasteiger charge is -2.08. The Morgan fingerprint density at radius 2 is 2.10 bits per heavy atom. The maximum Gasteiger partial charge on any atom is 0.234 e. The molecular formula is C21H24N4O2S2. The Bertz CT molecular complexity index is 977. The lowest BCUT2D eigenvalue weighted by Crippen LogP contribution is -2.14. The molecule has 0 spiro atoms. The Labute approximate surface area is 179 Å². The summed E-state index contributed by atoms with van der Waals surface area (Å²) in [5, 5.41) is 14.3. The van der Waals surface area contributed by atoms with Gasteiger partial charge in [0.1, 0.15) is 5.75 Å². The molecule has 0 fully saturated rings. The maximum absolute atomic E-state index is 12.3. The molecule has 8 heteroatoms. The van der Waals surface area contributed by atoms with Gasteiger partial charge in [-0.05, 0) is 36.2 Å². The lowest BCUT2D eigenvalue weighted by molar-refractivity contribution is -0.113. The number of anilines is 1. The van der Waals surface area contributed by atoms with Crippen LogP contribution in [0.15, 0.2) is 53.5 Å². The maximum atomic E-state index is 12.3. The van der Waals surface area contributed by atoms with Gasteiger partial charge in [-0.3, -0.25) is 9.36 Å². The summed E-state index contributed by atoms with van der Waals surface area (Å²) in [5.41, 5.74) is 1.77. The zero-order chi connectivity index (χ0) is 20.8. The summed E-state index contributed by atoms with van der Waals surface area (Å²) >= 11 is 3.08. The van der Waals surface area contributed by atoms with Gasteiger partial charge in [-0.25, -0.2) is 0 Å². The Hall–Kier alpha value is -2.58. The second-order valence-electron chi connectivity index (χ2n) is 6.66. The number of benzene rings is 1. The molecule has 29 heavy (non-hydrogen) atoms. The predicted octanol–water partition coefficient (Wildman–Crippen LogP) is 5.06. The van der Waals surface area contributed by atoms with E-state index in [0.29, 0.717) is 17.6 Å². The monoisotopic (exact) mass is 428 g/mol. The third-order valence-electron chi connectivity index (χ3n) is 4.18. The van der Waals surface area contributed by atoms with Gasteiger partial charge in [-0.2, -0.15) is 0 Å². The highest BCUT2D eigenvalue weighted by Crippen LogP contribution is 2.31. The van der Waals surface area contributed by atoms with E-state index < -0.39 is 0 Å². The number of allylic oxidation sites excluding steroid dienone is 1. The molecule has 0 aliphatic rings. The minimum atomic E-state index is -0.104. The van der Waals surface area contributed by atoms with Gasteiger partial charge in [0, 0.05) is 28.1 Å². The standard InChI is InChI=1S/C21H24N4O2S2/c1-5-10-25-20(15-11-18(14(2)3)28-12-15)23-24-21(25)29-13-19(26)22-16-6-8-17(27-4)9-7-16/h5-9,11-12,14H,1,10,13H2,2-4H3,(H,22,26). The fraction of sp³-hybridized carbons (Fsp3) is 0.286. The van der Waals surface area contributed by atoms with Crippen molar-refractivity contribution in [2.24, 2.45) is 0 Å². The molecule has 0 aliphatic carbocycles. The van der Waals surface area contributed by atoms with E-state index >= 15 is 0 Å². The molecule has 1 aromatic carbocycles. The molecule has 0 saturated carbocycles. The highest BCUT2D eigenvalue weighted by atomic mass is 32.2. The van der Waals surface area contributed by atoms with Crippen LogP contribution in [0.5, 0.6) is 5.75 Å². The van der Waals surface area contributed by atoms with Crippen molar-refractivity contribution >= 4 is 34.7 Å². The molecule has 1 N–H and O–H groups in total. The fourth-order valence-corrected chi connectivity index (χ4v) is 4.33. The number of rotatable bonds is 9. The molecule has 2 aromatic heterocycles. The number of nitrogens with one attached hydrogen (secondary N) is 1. The van der Waals surface area contributed by atoms with Crippen LogP contribution in [0, 0.1) is 0 Å². The van der Waals surface area contributed by atoms with Crippen molar-refractivity contribution in [2.75, 3.05) is 18.2 Å². The molecule has 0 aliphatic heterocycles. The number of ether oxygens (including phenoxy) is 1. The van der Waals surface area contributed by atoms with Crippen LogP contribution in [-0.4, -0.2) is 33.5 Å². The molecule has 1 amide bonds. The van der Waals surface area contributed by atoms with Crippen molar-refractivity contribution in [2.45, 2.75) is 31.5 Å². The van der Waals surface area contributed by atoms with Gasteiger partial charge in [-0.1, -0.05) is 31.7 Å². The third kappa shape index (κ3) is 5.27. The summed E-state index contributed by atoms with van der Waals surface area (Å²) in [4.78, 5) is 13.6. The Morgan fingerprint density at radius 3 is 2.72 bits per heavy atom. The number of nitrogens with zero attached hydrogens (tertiary/aromatic N) is 3. The number of aromatic nitrogens is 3. The van der Waals surface area contributed by atoms with Gasteiger partial charge in [0.15, 0.2) is 11.0 Å². The normalized spacial score (nSPS) is 10.9. The molecule has 0 saturated heterocycles. The van der Waals surface area contributed by atoms with E-state index in [4.69, 9.17) is 4.74 Å². The molecule has 3 rings (SSSR count). The molecule has 0 atom stereocenters. The number of hydrogen-bond donors (Lipinski definition) is 1. The Morgan fingerprint density at radius 1 is 1.34 bits per heavy atom. The molecule has 3 aromatic rings. The number of hydrogen-bond acceptors (Lipinski definition) is 6. The number of carbonyl (C=O) groups excluding carboxylic acids is 1. The Balaban J connectivity index is 1.69. The van der Waals surface area contributed by atoms with E-state index in [1.54, 1.807) is 18.4 Å². The largest absolute Gasteiger partial charge is 0.497 e. The van der Waals surface area contributed by atoms with Crippen molar-refractivity contribution in [1.82, 2.24) is 14.8 Å². The average Bonchev–Trinajstić information content (AvgIpc) is 3.34. The summed E-state index contributed by atoms with van der Waals surface area (Å²) in [5.74, 6) is 2.15. The minimum absolute atomic E-state index is 0.104. The molecule has 2 heterocycles. The smallest absolute Gasteiger partial charge is 0.234 e. The van der Waals surface area contributed by atoms with Crippen molar-refractivity contribution < 1.29 is 9.53 Å². The first-order valence-corrected chi connectivity index (χ1v) is 11.1. The molecule has 6 nitrogen and oxygen atoms in total. The molecular weight excluding hydrogens is 404 g/mol. The average molecular weight is 429 g/mol. The summed E-state index contributed by atoms with van der Waals surface area (Å²) in [6.07, 6.45) is 1.81. The summed E-state index contributed by atoms with van der Waals surface area (Å²) in [6, 6.07) is 9.39. The molecule has 0 radical (unpaired) electrons. The molecule has 0 unspecified atom stereocenters. The highest BCUT2D eigenvalue weighted by Gasteiger charge is 2.17. The predicted molar refractivity (Wildman–Crippen MR) is 120 cm³/mol. The van der Waals surface area contributed by atoms with Crippen LogP contribution in [-0.2, 0) is 11.3 Å². The van der Waals surface area contributed by atoms with Crippen LogP contribution in [0.25, 0.3) is 11.4 Å². The Kier molecular flexibility index (Phi) is 7.11.